The van der Waals surface area contributed by atoms with Crippen LogP contribution in [0.3, 0.4) is 0 Å². The summed E-state index contributed by atoms with van der Waals surface area (Å²) in [6.07, 6.45) is 4.31. The van der Waals surface area contributed by atoms with E-state index in [2.05, 4.69) is 4.99 Å². The summed E-state index contributed by atoms with van der Waals surface area (Å²) in [5.41, 5.74) is 13.4. The lowest BCUT2D eigenvalue weighted by Gasteiger charge is -2.13. The van der Waals surface area contributed by atoms with E-state index in [9.17, 15) is 14.4 Å². The summed E-state index contributed by atoms with van der Waals surface area (Å²) < 4.78 is 0. The maximum absolute atomic E-state index is 10.6. The van der Waals surface area contributed by atoms with Crippen LogP contribution in [0.1, 0.15) is 25.7 Å². The summed E-state index contributed by atoms with van der Waals surface area (Å²) in [4.78, 5) is 34.8. The van der Waals surface area contributed by atoms with Gasteiger partial charge in [-0.25, -0.2) is 35.7 Å². The van der Waals surface area contributed by atoms with Gasteiger partial charge in [0.1, 0.15) is 0 Å². The van der Waals surface area contributed by atoms with Gasteiger partial charge in [-0.3, -0.25) is 0 Å². The molecule has 4 amide bonds. The highest BCUT2D eigenvalue weighted by Crippen LogP contribution is 2.02. The van der Waals surface area contributed by atoms with Gasteiger partial charge >= 0.3 is 12.1 Å². The molecule has 0 spiro atoms. The fourth-order valence-corrected chi connectivity index (χ4v) is 1.16. The van der Waals surface area contributed by atoms with Gasteiger partial charge in [-0.1, -0.05) is 12.8 Å². The van der Waals surface area contributed by atoms with E-state index in [-0.39, 0.29) is 6.54 Å². The Morgan fingerprint density at radius 3 is 2.12 bits per heavy atom. The predicted molar refractivity (Wildman–Crippen MR) is 55.1 cm³/mol. The number of aliphatic imine (C=N–C) groups is 1. The van der Waals surface area contributed by atoms with Crippen molar-refractivity contribution in [2.45, 2.75) is 25.7 Å². The summed E-state index contributed by atoms with van der Waals surface area (Å²) >= 11 is 0. The van der Waals surface area contributed by atoms with E-state index < -0.39 is 12.1 Å². The number of carbonyl (C=O) groups is 2. The molecule has 0 aromatic rings. The van der Waals surface area contributed by atoms with E-state index in [1.807, 2.05) is 0 Å². The van der Waals surface area contributed by atoms with Crippen molar-refractivity contribution < 1.29 is 14.4 Å². The van der Waals surface area contributed by atoms with Crippen molar-refractivity contribution in [2.24, 2.45) is 4.99 Å². The molecular weight excluding hydrogens is 212 g/mol. The minimum atomic E-state index is -1.15. The maximum Gasteiger partial charge on any atom is 0.344 e. The van der Waals surface area contributed by atoms with E-state index in [1.165, 1.54) is 6.08 Å². The smallest absolute Gasteiger partial charge is 0.247 e. The zero-order valence-corrected chi connectivity index (χ0v) is 8.86. The van der Waals surface area contributed by atoms with Crippen LogP contribution in [0.25, 0.3) is 0 Å². The van der Waals surface area contributed by atoms with E-state index >= 15 is 0 Å². The Hall–Kier alpha value is -1.88. The van der Waals surface area contributed by atoms with Crippen molar-refractivity contribution in [2.75, 3.05) is 13.1 Å². The number of nitrogens with one attached hydrogen (secondary N) is 2. The SMILES string of the molecule is [NH]C(=O)N(CCCCCCN=C=O)C([NH])=O. The Balaban J connectivity index is 3.59. The van der Waals surface area contributed by atoms with Gasteiger partial charge in [0.25, 0.3) is 0 Å². The Labute approximate surface area is 93.5 Å². The van der Waals surface area contributed by atoms with Gasteiger partial charge in [0, 0.05) is 6.54 Å². The van der Waals surface area contributed by atoms with Gasteiger partial charge in [0.15, 0.2) is 0 Å². The Bertz CT molecular complexity index is 272. The molecule has 0 aliphatic heterocycles. The standard InChI is InChI=1S/C9H14N4O3/c10-8(15)13(9(11)16)6-4-2-1-3-5-12-7-14/h10-11H,1-6H2. The van der Waals surface area contributed by atoms with Crippen LogP contribution < -0.4 is 11.5 Å². The van der Waals surface area contributed by atoms with Crippen LogP contribution >= 0.6 is 0 Å². The van der Waals surface area contributed by atoms with Crippen molar-refractivity contribution in [3.8, 4) is 0 Å². The van der Waals surface area contributed by atoms with Crippen molar-refractivity contribution in [1.82, 2.24) is 16.4 Å². The predicted octanol–water partition coefficient (Wildman–Crippen LogP) is 0.990. The van der Waals surface area contributed by atoms with Gasteiger partial charge in [0.05, 0.1) is 6.54 Å². The second-order valence-corrected chi connectivity index (χ2v) is 3.15. The number of unbranched alkanes of at least 4 members (excludes halogenated alkanes) is 3. The van der Waals surface area contributed by atoms with Gasteiger partial charge in [-0.05, 0) is 12.8 Å². The molecule has 2 N–H and O–H groups in total. The molecule has 0 fully saturated rings. The maximum atomic E-state index is 10.6. The molecule has 0 aromatic heterocycles. The van der Waals surface area contributed by atoms with E-state index in [4.69, 9.17) is 11.5 Å². The topological polar surface area (TPSA) is 114 Å². The van der Waals surface area contributed by atoms with Crippen LogP contribution in [0.5, 0.6) is 0 Å². The van der Waals surface area contributed by atoms with E-state index in [1.54, 1.807) is 0 Å². The first kappa shape index (κ1) is 14.1. The van der Waals surface area contributed by atoms with Crippen molar-refractivity contribution in [3.63, 3.8) is 0 Å². The number of amides is 4. The average molecular weight is 226 g/mol. The molecule has 16 heavy (non-hydrogen) atoms. The third-order valence-electron chi connectivity index (χ3n) is 1.96. The van der Waals surface area contributed by atoms with Crippen LogP contribution in [-0.2, 0) is 4.79 Å². The molecule has 0 aliphatic rings. The quantitative estimate of drug-likeness (QED) is 0.366. The van der Waals surface area contributed by atoms with Crippen LogP contribution in [0.15, 0.2) is 4.99 Å². The first-order valence-corrected chi connectivity index (χ1v) is 4.92. The number of carbonyl (C=O) groups excluding carboxylic acids is 3. The minimum Gasteiger partial charge on any atom is -0.247 e. The Kier molecular flexibility index (Phi) is 7.44. The fourth-order valence-electron chi connectivity index (χ4n) is 1.16. The highest BCUT2D eigenvalue weighted by atomic mass is 16.2. The molecule has 0 aromatic carbocycles. The molecule has 0 heterocycles. The largest absolute Gasteiger partial charge is 0.344 e. The lowest BCUT2D eigenvalue weighted by Crippen LogP contribution is -2.36. The number of isocyanates is 1. The molecule has 0 aliphatic carbocycles. The monoisotopic (exact) mass is 226 g/mol. The minimum absolute atomic E-state index is 0.0988. The van der Waals surface area contributed by atoms with Gasteiger partial charge in [-0.15, -0.1) is 0 Å². The molecule has 0 rings (SSSR count). The Morgan fingerprint density at radius 2 is 1.62 bits per heavy atom. The molecule has 7 heteroatoms. The summed E-state index contributed by atoms with van der Waals surface area (Å²) in [6.45, 7) is 0.531. The molecule has 2 radical (unpaired) electrons. The summed E-state index contributed by atoms with van der Waals surface area (Å²) in [6, 6.07) is -2.30. The lowest BCUT2D eigenvalue weighted by atomic mass is 10.2. The zero-order chi connectivity index (χ0) is 12.4. The molecule has 7 nitrogen and oxygen atoms in total. The molecule has 0 atom stereocenters. The van der Waals surface area contributed by atoms with Crippen LogP contribution in [0, 0.1) is 0 Å². The summed E-state index contributed by atoms with van der Waals surface area (Å²) in [5.74, 6) is 0. The number of urea groups is 2. The van der Waals surface area contributed by atoms with Crippen LogP contribution in [0.4, 0.5) is 9.59 Å². The van der Waals surface area contributed by atoms with Crippen LogP contribution in [-0.4, -0.2) is 36.1 Å². The number of rotatable bonds is 7. The number of imide groups is 1. The second-order valence-electron chi connectivity index (χ2n) is 3.15. The Morgan fingerprint density at radius 1 is 1.06 bits per heavy atom. The molecule has 0 saturated carbocycles. The third kappa shape index (κ3) is 6.56. The highest BCUT2D eigenvalue weighted by molar-refractivity contribution is 5.90. The highest BCUT2D eigenvalue weighted by Gasteiger charge is 2.15. The molecule has 0 saturated heterocycles. The first-order valence-electron chi connectivity index (χ1n) is 4.92. The average Bonchev–Trinajstić information content (AvgIpc) is 2.21. The summed E-state index contributed by atoms with van der Waals surface area (Å²) in [7, 11) is 0. The number of hydrogen-bond acceptors (Lipinski definition) is 4. The third-order valence-corrected chi connectivity index (χ3v) is 1.96. The zero-order valence-electron chi connectivity index (χ0n) is 8.86. The molecule has 0 bridgehead atoms. The molecule has 0 unspecified atom stereocenters. The van der Waals surface area contributed by atoms with Crippen molar-refractivity contribution in [3.05, 3.63) is 0 Å². The van der Waals surface area contributed by atoms with Gasteiger partial charge in [0.2, 0.25) is 6.08 Å². The van der Waals surface area contributed by atoms with Gasteiger partial charge < -0.3 is 0 Å². The fraction of sp³-hybridized carbons (Fsp3) is 0.667. The van der Waals surface area contributed by atoms with Crippen LogP contribution in [0.2, 0.25) is 0 Å². The lowest BCUT2D eigenvalue weighted by molar-refractivity contribution is 0.194. The van der Waals surface area contributed by atoms with Crippen molar-refractivity contribution >= 4 is 18.1 Å². The normalized spacial score (nSPS) is 9.25. The molecule has 88 valence electrons. The number of nitrogens with zero attached hydrogens (tertiary/aromatic N) is 2. The molecular formula is C9H14N4O3. The van der Waals surface area contributed by atoms with Crippen molar-refractivity contribution in [1.29, 1.82) is 0 Å². The van der Waals surface area contributed by atoms with E-state index in [0.29, 0.717) is 17.9 Å². The second kappa shape index (κ2) is 8.43. The summed E-state index contributed by atoms with van der Waals surface area (Å²) in [5, 5.41) is 0. The number of hydrogen-bond donors (Lipinski definition) is 0. The first-order chi connectivity index (χ1) is 7.59. The van der Waals surface area contributed by atoms with E-state index in [0.717, 1.165) is 19.3 Å². The van der Waals surface area contributed by atoms with Gasteiger partial charge in [-0.2, -0.15) is 0 Å².